The molecule has 0 fully saturated rings. The average molecular weight is 152 g/mol. The first-order valence-electron chi connectivity index (χ1n) is 3.23. The van der Waals surface area contributed by atoms with Gasteiger partial charge in [0.2, 0.25) is 0 Å². The Kier molecular flexibility index (Phi) is 2.60. The smallest absolute Gasteiger partial charge is 0.0785 e. The molecule has 2 nitrogen and oxygen atoms in total. The van der Waals surface area contributed by atoms with E-state index in [0.29, 0.717) is 7.18 Å². The first kappa shape index (κ1) is 7.72. The highest BCUT2D eigenvalue weighted by atomic mass is 19.1. The number of hydrogen-bond acceptors (Lipinski definition) is 1. The summed E-state index contributed by atoms with van der Waals surface area (Å²) in [6.07, 6.45) is 1.81. The van der Waals surface area contributed by atoms with Crippen LogP contribution in [0.1, 0.15) is 0 Å². The number of fused-ring (bicyclic) bond motifs is 1. The summed E-state index contributed by atoms with van der Waals surface area (Å²) < 4.78 is 9.50. The van der Waals surface area contributed by atoms with Crippen molar-refractivity contribution in [3.8, 4) is 0 Å². The fourth-order valence-electron chi connectivity index (χ4n) is 0.883. The van der Waals surface area contributed by atoms with E-state index in [-0.39, 0.29) is 0 Å². The van der Waals surface area contributed by atoms with Gasteiger partial charge in [0.05, 0.1) is 18.9 Å². The van der Waals surface area contributed by atoms with Gasteiger partial charge in [0.25, 0.3) is 0 Å². The zero-order valence-corrected chi connectivity index (χ0v) is 6.21. The number of para-hydroxylation sites is 1. The third-order valence-corrected chi connectivity index (χ3v) is 1.35. The largest absolute Gasteiger partial charge is 0.278 e. The molecule has 0 atom stereocenters. The van der Waals surface area contributed by atoms with Crippen LogP contribution in [0.4, 0.5) is 4.39 Å². The van der Waals surface area contributed by atoms with E-state index >= 15 is 0 Å². The highest BCUT2D eigenvalue weighted by Gasteiger charge is 1.88. The van der Waals surface area contributed by atoms with Crippen molar-refractivity contribution in [2.24, 2.45) is 0 Å². The lowest BCUT2D eigenvalue weighted by molar-refractivity contribution is 0.636. The molecule has 11 heavy (non-hydrogen) atoms. The number of benzene rings is 1. The summed E-state index contributed by atoms with van der Waals surface area (Å²) in [5.74, 6) is 0. The number of hydrogen-bond donors (Lipinski definition) is 1. The molecular formula is C8H9FN2. The van der Waals surface area contributed by atoms with Crippen LogP contribution in [-0.4, -0.2) is 17.4 Å². The fraction of sp³-hybridized carbons (Fsp3) is 0.125. The summed E-state index contributed by atoms with van der Waals surface area (Å²) in [5, 5.41) is 7.91. The Morgan fingerprint density at radius 2 is 2.00 bits per heavy atom. The summed E-state index contributed by atoms with van der Waals surface area (Å²) in [4.78, 5) is 0. The number of nitrogens with one attached hydrogen (secondary N) is 1. The van der Waals surface area contributed by atoms with E-state index in [4.69, 9.17) is 0 Å². The average Bonchev–Trinajstić information content (AvgIpc) is 2.55. The van der Waals surface area contributed by atoms with Gasteiger partial charge >= 0.3 is 0 Å². The Labute approximate surface area is 64.0 Å². The number of aromatic amines is 1. The number of halogens is 1. The van der Waals surface area contributed by atoms with E-state index in [1.165, 1.54) is 0 Å². The molecule has 0 bridgehead atoms. The first-order valence-corrected chi connectivity index (χ1v) is 3.23. The molecule has 0 saturated carbocycles. The van der Waals surface area contributed by atoms with Gasteiger partial charge in [-0.2, -0.15) is 5.10 Å². The van der Waals surface area contributed by atoms with Crippen LogP contribution >= 0.6 is 0 Å². The highest BCUT2D eigenvalue weighted by Crippen LogP contribution is 2.06. The molecule has 2 rings (SSSR count). The molecular weight excluding hydrogens is 143 g/mol. The Balaban J connectivity index is 0.000000281. The fourth-order valence-corrected chi connectivity index (χ4v) is 0.883. The molecule has 0 radical (unpaired) electrons. The van der Waals surface area contributed by atoms with Crippen molar-refractivity contribution in [3.63, 3.8) is 0 Å². The lowest BCUT2D eigenvalue weighted by Gasteiger charge is -1.81. The van der Waals surface area contributed by atoms with Crippen LogP contribution in [0.5, 0.6) is 0 Å². The second-order valence-corrected chi connectivity index (χ2v) is 1.96. The van der Waals surface area contributed by atoms with E-state index < -0.39 is 0 Å². The van der Waals surface area contributed by atoms with Crippen molar-refractivity contribution in [3.05, 3.63) is 30.5 Å². The highest BCUT2D eigenvalue weighted by molar-refractivity contribution is 5.77. The maximum absolute atomic E-state index is 9.50. The molecule has 1 aromatic carbocycles. The van der Waals surface area contributed by atoms with E-state index in [0.717, 1.165) is 10.9 Å². The second-order valence-electron chi connectivity index (χ2n) is 1.96. The van der Waals surface area contributed by atoms with Crippen molar-refractivity contribution in [2.45, 2.75) is 0 Å². The molecule has 0 aliphatic heterocycles. The first-order chi connectivity index (χ1) is 5.47. The lowest BCUT2D eigenvalue weighted by Crippen LogP contribution is -1.63. The van der Waals surface area contributed by atoms with E-state index in [1.807, 2.05) is 30.5 Å². The molecule has 3 heteroatoms. The molecule has 58 valence electrons. The van der Waals surface area contributed by atoms with Gasteiger partial charge in [0.1, 0.15) is 0 Å². The predicted molar refractivity (Wildman–Crippen MR) is 43.1 cm³/mol. The normalized spacial score (nSPS) is 8.91. The summed E-state index contributed by atoms with van der Waals surface area (Å²) in [7, 11) is 0.500. The minimum atomic E-state index is 0.500. The molecule has 0 spiro atoms. The van der Waals surface area contributed by atoms with Gasteiger partial charge in [-0.15, -0.1) is 0 Å². The Bertz CT molecular complexity index is 286. The minimum absolute atomic E-state index is 0.500. The molecule has 0 unspecified atom stereocenters. The molecule has 0 amide bonds. The van der Waals surface area contributed by atoms with Gasteiger partial charge in [0, 0.05) is 5.39 Å². The third kappa shape index (κ3) is 1.55. The number of rotatable bonds is 0. The summed E-state index contributed by atoms with van der Waals surface area (Å²) in [6.45, 7) is 0. The van der Waals surface area contributed by atoms with Crippen LogP contribution in [-0.2, 0) is 0 Å². The molecule has 0 aliphatic rings. The molecule has 0 aliphatic carbocycles. The zero-order chi connectivity index (χ0) is 8.10. The molecule has 1 N–H and O–H groups in total. The number of nitrogens with zero attached hydrogens (tertiary/aromatic N) is 1. The maximum Gasteiger partial charge on any atom is 0.0785 e. The van der Waals surface area contributed by atoms with Crippen LogP contribution in [0.25, 0.3) is 10.9 Å². The van der Waals surface area contributed by atoms with Crippen molar-refractivity contribution >= 4 is 10.9 Å². The van der Waals surface area contributed by atoms with Gasteiger partial charge in [-0.05, 0) is 6.07 Å². The van der Waals surface area contributed by atoms with Crippen LogP contribution in [0.15, 0.2) is 30.5 Å². The van der Waals surface area contributed by atoms with Gasteiger partial charge in [-0.25, -0.2) is 0 Å². The lowest BCUT2D eigenvalue weighted by atomic mass is 10.3. The van der Waals surface area contributed by atoms with Crippen molar-refractivity contribution < 1.29 is 4.39 Å². The van der Waals surface area contributed by atoms with Gasteiger partial charge < -0.3 is 0 Å². The maximum atomic E-state index is 9.50. The summed E-state index contributed by atoms with van der Waals surface area (Å²) in [5.41, 5.74) is 1.09. The van der Waals surface area contributed by atoms with Crippen LogP contribution < -0.4 is 0 Å². The van der Waals surface area contributed by atoms with Crippen LogP contribution in [0, 0.1) is 0 Å². The van der Waals surface area contributed by atoms with Gasteiger partial charge in [-0.3, -0.25) is 9.49 Å². The van der Waals surface area contributed by atoms with Crippen molar-refractivity contribution in [1.82, 2.24) is 10.2 Å². The molecule has 2 aromatic rings. The van der Waals surface area contributed by atoms with Crippen molar-refractivity contribution in [1.29, 1.82) is 0 Å². The molecule has 0 saturated heterocycles. The quantitative estimate of drug-likeness (QED) is 0.615. The van der Waals surface area contributed by atoms with Crippen LogP contribution in [0.2, 0.25) is 0 Å². The minimum Gasteiger partial charge on any atom is -0.278 e. The Morgan fingerprint density at radius 3 is 2.73 bits per heavy atom. The third-order valence-electron chi connectivity index (χ3n) is 1.35. The number of aromatic nitrogens is 2. The van der Waals surface area contributed by atoms with Crippen molar-refractivity contribution in [2.75, 3.05) is 7.18 Å². The predicted octanol–water partition coefficient (Wildman–Crippen LogP) is 2.15. The number of alkyl halides is 1. The molecule has 1 aromatic heterocycles. The zero-order valence-electron chi connectivity index (χ0n) is 6.21. The van der Waals surface area contributed by atoms with Crippen LogP contribution in [0.3, 0.4) is 0 Å². The topological polar surface area (TPSA) is 28.7 Å². The van der Waals surface area contributed by atoms with Gasteiger partial charge in [0.15, 0.2) is 0 Å². The SMILES string of the molecule is CF.c1ccc2[nH]ncc2c1. The molecule has 1 heterocycles. The van der Waals surface area contributed by atoms with E-state index in [9.17, 15) is 4.39 Å². The second kappa shape index (κ2) is 3.71. The van der Waals surface area contributed by atoms with Gasteiger partial charge in [-0.1, -0.05) is 18.2 Å². The Morgan fingerprint density at radius 1 is 1.27 bits per heavy atom. The van der Waals surface area contributed by atoms with E-state index in [1.54, 1.807) is 0 Å². The number of H-pyrrole nitrogens is 1. The monoisotopic (exact) mass is 152 g/mol. The summed E-state index contributed by atoms with van der Waals surface area (Å²) in [6, 6.07) is 8.01. The standard InChI is InChI=1S/C7H6N2.CH3F/c1-2-4-7-6(3-1)5-8-9-7;1-2/h1-5H,(H,8,9);1H3. The Hall–Kier alpha value is -1.38. The summed E-state index contributed by atoms with van der Waals surface area (Å²) >= 11 is 0. The van der Waals surface area contributed by atoms with E-state index in [2.05, 4.69) is 10.2 Å².